The number of halogens is 1. The minimum absolute atomic E-state index is 0.0326. The maximum absolute atomic E-state index is 11.9. The van der Waals surface area contributed by atoms with E-state index in [-0.39, 0.29) is 5.91 Å². The van der Waals surface area contributed by atoms with Crippen molar-refractivity contribution in [2.75, 3.05) is 0 Å². The first-order valence-corrected chi connectivity index (χ1v) is 9.26. The second kappa shape index (κ2) is 8.27. The van der Waals surface area contributed by atoms with Gasteiger partial charge in [0.15, 0.2) is 0 Å². The van der Waals surface area contributed by atoms with Crippen LogP contribution in [0.5, 0.6) is 0 Å². The number of aromatic nitrogens is 2. The summed E-state index contributed by atoms with van der Waals surface area (Å²) in [6.45, 7) is 2.63. The van der Waals surface area contributed by atoms with Crippen molar-refractivity contribution in [1.82, 2.24) is 15.5 Å². The first kappa shape index (κ1) is 17.6. The molecule has 3 aromatic rings. The van der Waals surface area contributed by atoms with Crippen LogP contribution in [0.1, 0.15) is 29.2 Å². The van der Waals surface area contributed by atoms with E-state index in [1.807, 2.05) is 24.4 Å². The van der Waals surface area contributed by atoms with Crippen molar-refractivity contribution in [1.29, 1.82) is 0 Å². The highest BCUT2D eigenvalue weighted by Crippen LogP contribution is 2.19. The molecular formula is C18H18ClN3O2S. The predicted octanol–water partition coefficient (Wildman–Crippen LogP) is 4.40. The lowest BCUT2D eigenvalue weighted by molar-refractivity contribution is -0.121. The fourth-order valence-corrected chi connectivity index (χ4v) is 3.30. The van der Waals surface area contributed by atoms with E-state index < -0.39 is 0 Å². The third-order valence-electron chi connectivity index (χ3n) is 3.78. The van der Waals surface area contributed by atoms with Gasteiger partial charge in [0.2, 0.25) is 17.6 Å². The summed E-state index contributed by atoms with van der Waals surface area (Å²) >= 11 is 7.53. The zero-order valence-electron chi connectivity index (χ0n) is 13.8. The Morgan fingerprint density at radius 3 is 2.80 bits per heavy atom. The summed E-state index contributed by atoms with van der Waals surface area (Å²) in [6, 6.07) is 9.31. The molecule has 0 aliphatic carbocycles. The number of nitrogens with one attached hydrogen (secondary N) is 1. The Hall–Kier alpha value is -2.18. The normalized spacial score (nSPS) is 10.8. The molecule has 1 aromatic carbocycles. The van der Waals surface area contributed by atoms with E-state index in [9.17, 15) is 4.79 Å². The van der Waals surface area contributed by atoms with Crippen molar-refractivity contribution in [3.8, 4) is 11.4 Å². The van der Waals surface area contributed by atoms with Crippen LogP contribution < -0.4 is 5.32 Å². The third-order valence-corrected chi connectivity index (χ3v) is 5.05. The molecule has 0 radical (unpaired) electrons. The molecule has 0 aliphatic heterocycles. The van der Waals surface area contributed by atoms with Crippen LogP contribution in [-0.4, -0.2) is 16.0 Å². The number of rotatable bonds is 7. The second-order valence-corrected chi connectivity index (χ2v) is 7.11. The summed E-state index contributed by atoms with van der Waals surface area (Å²) in [6.07, 6.45) is 1.67. The number of hydrogen-bond donors (Lipinski definition) is 1. The molecule has 3 rings (SSSR count). The molecule has 0 spiro atoms. The number of hydrogen-bond acceptors (Lipinski definition) is 5. The molecule has 0 aliphatic rings. The van der Waals surface area contributed by atoms with Crippen LogP contribution in [0.4, 0.5) is 0 Å². The quantitative estimate of drug-likeness (QED) is 0.664. The lowest BCUT2D eigenvalue weighted by Crippen LogP contribution is -2.22. The van der Waals surface area contributed by atoms with Crippen molar-refractivity contribution in [2.24, 2.45) is 0 Å². The van der Waals surface area contributed by atoms with E-state index in [2.05, 4.69) is 21.5 Å². The van der Waals surface area contributed by atoms with Gasteiger partial charge in [0.25, 0.3) is 0 Å². The Morgan fingerprint density at radius 2 is 2.08 bits per heavy atom. The molecule has 1 amide bonds. The number of carbonyl (C=O) groups is 1. The highest BCUT2D eigenvalue weighted by molar-refractivity contribution is 7.10. The molecule has 0 atom stereocenters. The van der Waals surface area contributed by atoms with Crippen LogP contribution >= 0.6 is 22.9 Å². The molecule has 0 unspecified atom stereocenters. The molecule has 7 heteroatoms. The van der Waals surface area contributed by atoms with Crippen molar-refractivity contribution in [3.05, 3.63) is 57.1 Å². The second-order valence-electron chi connectivity index (χ2n) is 5.68. The van der Waals surface area contributed by atoms with Gasteiger partial charge in [0.1, 0.15) is 0 Å². The lowest BCUT2D eigenvalue weighted by atomic mass is 10.2. The molecule has 0 fully saturated rings. The molecule has 5 nitrogen and oxygen atoms in total. The van der Waals surface area contributed by atoms with Gasteiger partial charge in [0.05, 0.1) is 6.54 Å². The Kier molecular flexibility index (Phi) is 5.83. The van der Waals surface area contributed by atoms with Gasteiger partial charge < -0.3 is 9.84 Å². The van der Waals surface area contributed by atoms with Gasteiger partial charge in [-0.1, -0.05) is 16.8 Å². The zero-order chi connectivity index (χ0) is 17.6. The highest BCUT2D eigenvalue weighted by atomic mass is 35.5. The Bertz CT molecular complexity index is 842. The van der Waals surface area contributed by atoms with E-state index in [4.69, 9.17) is 16.1 Å². The van der Waals surface area contributed by atoms with Crippen LogP contribution in [0.25, 0.3) is 11.4 Å². The largest absolute Gasteiger partial charge is 0.351 e. The number of nitrogens with zero attached hydrogens (tertiary/aromatic N) is 2. The van der Waals surface area contributed by atoms with E-state index in [1.54, 1.807) is 23.5 Å². The summed E-state index contributed by atoms with van der Waals surface area (Å²) in [7, 11) is 0. The number of carbonyl (C=O) groups excluding carboxylic acids is 1. The minimum Gasteiger partial charge on any atom is -0.351 e. The van der Waals surface area contributed by atoms with Gasteiger partial charge in [-0.25, -0.2) is 0 Å². The topological polar surface area (TPSA) is 68.0 Å². The zero-order valence-corrected chi connectivity index (χ0v) is 15.4. The Balaban J connectivity index is 1.44. The standard InChI is InChI=1S/C18H18ClN3O2S/c1-12-9-10-25-15(12)11-20-16(23)3-2-4-17-21-18(22-24-17)13-5-7-14(19)8-6-13/h5-10H,2-4,11H2,1H3,(H,20,23). The molecule has 25 heavy (non-hydrogen) atoms. The van der Waals surface area contributed by atoms with E-state index in [1.165, 1.54) is 10.4 Å². The molecule has 0 bridgehead atoms. The van der Waals surface area contributed by atoms with Crippen LogP contribution in [0.15, 0.2) is 40.2 Å². The Labute approximate surface area is 155 Å². The average Bonchev–Trinajstić information content (AvgIpc) is 3.23. The van der Waals surface area contributed by atoms with Gasteiger partial charge in [0, 0.05) is 28.3 Å². The smallest absolute Gasteiger partial charge is 0.226 e. The van der Waals surface area contributed by atoms with E-state index in [0.29, 0.717) is 42.5 Å². The first-order valence-electron chi connectivity index (χ1n) is 8.00. The van der Waals surface area contributed by atoms with Gasteiger partial charge in [-0.3, -0.25) is 4.79 Å². The van der Waals surface area contributed by atoms with Crippen LogP contribution in [0.2, 0.25) is 5.02 Å². The lowest BCUT2D eigenvalue weighted by Gasteiger charge is -2.03. The summed E-state index contributed by atoms with van der Waals surface area (Å²) in [4.78, 5) is 17.5. The van der Waals surface area contributed by atoms with Gasteiger partial charge >= 0.3 is 0 Å². The number of aryl methyl sites for hydroxylation is 2. The summed E-state index contributed by atoms with van der Waals surface area (Å²) in [5.74, 6) is 1.10. The minimum atomic E-state index is 0.0326. The van der Waals surface area contributed by atoms with Gasteiger partial charge in [-0.15, -0.1) is 11.3 Å². The molecule has 2 heterocycles. The maximum Gasteiger partial charge on any atom is 0.226 e. The summed E-state index contributed by atoms with van der Waals surface area (Å²) < 4.78 is 5.24. The number of amides is 1. The van der Waals surface area contributed by atoms with Crippen LogP contribution in [-0.2, 0) is 17.8 Å². The highest BCUT2D eigenvalue weighted by Gasteiger charge is 2.10. The monoisotopic (exact) mass is 375 g/mol. The van der Waals surface area contributed by atoms with Gasteiger partial charge in [-0.2, -0.15) is 4.98 Å². The van der Waals surface area contributed by atoms with Crippen molar-refractivity contribution < 1.29 is 9.32 Å². The van der Waals surface area contributed by atoms with Crippen LogP contribution in [0, 0.1) is 6.92 Å². The van der Waals surface area contributed by atoms with Gasteiger partial charge in [-0.05, 0) is 54.6 Å². The molecule has 0 saturated heterocycles. The van der Waals surface area contributed by atoms with E-state index in [0.717, 1.165) is 5.56 Å². The van der Waals surface area contributed by atoms with Crippen molar-refractivity contribution >= 4 is 28.8 Å². The fraction of sp³-hybridized carbons (Fsp3) is 0.278. The Morgan fingerprint density at radius 1 is 1.28 bits per heavy atom. The molecule has 2 aromatic heterocycles. The molecular weight excluding hydrogens is 358 g/mol. The van der Waals surface area contributed by atoms with Crippen molar-refractivity contribution in [3.63, 3.8) is 0 Å². The predicted molar refractivity (Wildman–Crippen MR) is 98.6 cm³/mol. The van der Waals surface area contributed by atoms with Crippen molar-refractivity contribution in [2.45, 2.75) is 32.7 Å². The maximum atomic E-state index is 11.9. The SMILES string of the molecule is Cc1ccsc1CNC(=O)CCCc1nc(-c2ccc(Cl)cc2)no1. The fourth-order valence-electron chi connectivity index (χ4n) is 2.33. The average molecular weight is 376 g/mol. The number of benzene rings is 1. The molecule has 0 saturated carbocycles. The van der Waals surface area contributed by atoms with Crippen LogP contribution in [0.3, 0.4) is 0 Å². The molecule has 1 N–H and O–H groups in total. The first-order chi connectivity index (χ1) is 12.1. The third kappa shape index (κ3) is 4.90. The van der Waals surface area contributed by atoms with E-state index >= 15 is 0 Å². The number of thiophene rings is 1. The molecule has 130 valence electrons. The summed E-state index contributed by atoms with van der Waals surface area (Å²) in [5, 5.41) is 9.60. The summed E-state index contributed by atoms with van der Waals surface area (Å²) in [5.41, 5.74) is 2.06.